The third-order valence-electron chi connectivity index (χ3n) is 2.37. The van der Waals surface area contributed by atoms with Crippen molar-refractivity contribution >= 4 is 45.7 Å². The number of aryl methyl sites for hydroxylation is 1. The summed E-state index contributed by atoms with van der Waals surface area (Å²) in [4.78, 5) is 12.7. The smallest absolute Gasteiger partial charge is 0.236 e. The molecule has 1 amide bonds. The molecule has 0 radical (unpaired) electrons. The molecule has 1 N–H and O–H groups in total. The normalized spacial score (nSPS) is 10.5. The maximum atomic E-state index is 11.8. The van der Waals surface area contributed by atoms with Gasteiger partial charge >= 0.3 is 0 Å². The van der Waals surface area contributed by atoms with E-state index in [4.69, 9.17) is 11.6 Å². The lowest BCUT2D eigenvalue weighted by Gasteiger charge is -2.03. The van der Waals surface area contributed by atoms with Gasteiger partial charge in [-0.15, -0.1) is 22.0 Å². The third-order valence-corrected chi connectivity index (χ3v) is 4.79. The van der Waals surface area contributed by atoms with Crippen LogP contribution in [-0.2, 0) is 11.2 Å². The molecular weight excluding hydrogens is 314 g/mol. The molecule has 0 atom stereocenters. The highest BCUT2D eigenvalue weighted by Gasteiger charge is 2.09. The van der Waals surface area contributed by atoms with E-state index in [1.54, 1.807) is 0 Å². The Morgan fingerprint density at radius 1 is 1.40 bits per heavy atom. The highest BCUT2D eigenvalue weighted by atomic mass is 35.5. The van der Waals surface area contributed by atoms with Crippen LogP contribution in [0, 0.1) is 0 Å². The highest BCUT2D eigenvalue weighted by molar-refractivity contribution is 8.00. The third kappa shape index (κ3) is 4.47. The molecule has 20 heavy (non-hydrogen) atoms. The number of nitrogens with zero attached hydrogens (tertiary/aromatic N) is 2. The van der Waals surface area contributed by atoms with Gasteiger partial charge in [-0.2, -0.15) is 0 Å². The zero-order valence-electron chi connectivity index (χ0n) is 10.9. The van der Waals surface area contributed by atoms with Crippen molar-refractivity contribution in [3.05, 3.63) is 34.3 Å². The summed E-state index contributed by atoms with van der Waals surface area (Å²) in [5, 5.41) is 12.9. The summed E-state index contributed by atoms with van der Waals surface area (Å²) in [6, 6.07) is 7.46. The second kappa shape index (κ2) is 7.61. The Labute approximate surface area is 130 Å². The van der Waals surface area contributed by atoms with Gasteiger partial charge in [-0.1, -0.05) is 42.0 Å². The summed E-state index contributed by atoms with van der Waals surface area (Å²) in [5.74, 6) is 0.195. The van der Waals surface area contributed by atoms with Crippen LogP contribution in [0.4, 0.5) is 5.13 Å². The Balaban J connectivity index is 1.84. The van der Waals surface area contributed by atoms with E-state index >= 15 is 0 Å². The summed E-state index contributed by atoms with van der Waals surface area (Å²) in [7, 11) is 0. The van der Waals surface area contributed by atoms with E-state index in [1.807, 2.05) is 24.3 Å². The van der Waals surface area contributed by atoms with Gasteiger partial charge in [0.1, 0.15) is 5.01 Å². The van der Waals surface area contributed by atoms with Crippen molar-refractivity contribution in [2.75, 3.05) is 11.1 Å². The predicted octanol–water partition coefficient (Wildman–Crippen LogP) is 3.87. The van der Waals surface area contributed by atoms with Crippen LogP contribution in [0.3, 0.4) is 0 Å². The van der Waals surface area contributed by atoms with Gasteiger partial charge in [0.15, 0.2) is 0 Å². The van der Waals surface area contributed by atoms with E-state index in [1.165, 1.54) is 23.1 Å². The molecule has 0 spiro atoms. The second-order valence-corrected chi connectivity index (χ2v) is 6.50. The molecule has 0 saturated heterocycles. The summed E-state index contributed by atoms with van der Waals surface area (Å²) >= 11 is 8.86. The van der Waals surface area contributed by atoms with Crippen molar-refractivity contribution in [2.24, 2.45) is 0 Å². The molecule has 4 nitrogen and oxygen atoms in total. The first-order valence-electron chi connectivity index (χ1n) is 6.18. The zero-order chi connectivity index (χ0) is 14.4. The Hall–Kier alpha value is -1.11. The van der Waals surface area contributed by atoms with E-state index in [-0.39, 0.29) is 5.91 Å². The fourth-order valence-corrected chi connectivity index (χ4v) is 3.38. The van der Waals surface area contributed by atoms with Crippen LogP contribution in [-0.4, -0.2) is 21.9 Å². The number of benzene rings is 1. The van der Waals surface area contributed by atoms with Gasteiger partial charge in [0, 0.05) is 11.3 Å². The lowest BCUT2D eigenvalue weighted by Crippen LogP contribution is -2.13. The minimum atomic E-state index is -0.103. The highest BCUT2D eigenvalue weighted by Crippen LogP contribution is 2.26. The van der Waals surface area contributed by atoms with Crippen LogP contribution in [0.1, 0.15) is 18.4 Å². The van der Waals surface area contributed by atoms with Crippen molar-refractivity contribution in [3.63, 3.8) is 0 Å². The summed E-state index contributed by atoms with van der Waals surface area (Å²) < 4.78 is 0. The SMILES string of the molecule is CCCc1nnc(NC(=O)CSc2ccccc2Cl)s1. The molecule has 1 aromatic heterocycles. The molecule has 0 unspecified atom stereocenters. The van der Waals surface area contributed by atoms with Gasteiger partial charge in [0.2, 0.25) is 11.0 Å². The van der Waals surface area contributed by atoms with Gasteiger partial charge < -0.3 is 0 Å². The van der Waals surface area contributed by atoms with Crippen molar-refractivity contribution in [1.29, 1.82) is 0 Å². The Kier molecular flexibility index (Phi) is 5.82. The molecule has 106 valence electrons. The van der Waals surface area contributed by atoms with Crippen molar-refractivity contribution in [3.8, 4) is 0 Å². The molecule has 1 aromatic carbocycles. The van der Waals surface area contributed by atoms with Crippen LogP contribution < -0.4 is 5.32 Å². The predicted molar refractivity (Wildman–Crippen MR) is 84.7 cm³/mol. The largest absolute Gasteiger partial charge is 0.300 e. The number of anilines is 1. The monoisotopic (exact) mass is 327 g/mol. The lowest BCUT2D eigenvalue weighted by atomic mass is 10.4. The lowest BCUT2D eigenvalue weighted by molar-refractivity contribution is -0.113. The van der Waals surface area contributed by atoms with Gasteiger partial charge in [-0.05, 0) is 18.6 Å². The molecule has 0 fully saturated rings. The minimum absolute atomic E-state index is 0.103. The van der Waals surface area contributed by atoms with Crippen LogP contribution in [0.2, 0.25) is 5.02 Å². The maximum Gasteiger partial charge on any atom is 0.236 e. The van der Waals surface area contributed by atoms with E-state index in [0.717, 1.165) is 22.7 Å². The molecule has 2 aromatic rings. The van der Waals surface area contributed by atoms with Crippen LogP contribution in [0.5, 0.6) is 0 Å². The number of halogens is 1. The number of amides is 1. The fourth-order valence-electron chi connectivity index (χ4n) is 1.48. The van der Waals surface area contributed by atoms with Gasteiger partial charge in [-0.3, -0.25) is 10.1 Å². The Bertz CT molecular complexity index is 589. The zero-order valence-corrected chi connectivity index (χ0v) is 13.3. The molecule has 2 rings (SSSR count). The van der Waals surface area contributed by atoms with Crippen LogP contribution in [0.15, 0.2) is 29.2 Å². The Morgan fingerprint density at radius 3 is 2.95 bits per heavy atom. The first-order chi connectivity index (χ1) is 9.69. The standard InChI is InChI=1S/C13H14ClN3OS2/c1-2-5-12-16-17-13(20-12)15-11(18)8-19-10-7-4-3-6-9(10)14/h3-4,6-7H,2,5,8H2,1H3,(H,15,17,18). The first kappa shape index (κ1) is 15.3. The number of thioether (sulfide) groups is 1. The number of nitrogens with one attached hydrogen (secondary N) is 1. The summed E-state index contributed by atoms with van der Waals surface area (Å²) in [6.45, 7) is 2.08. The number of rotatable bonds is 6. The maximum absolute atomic E-state index is 11.8. The molecule has 0 bridgehead atoms. The minimum Gasteiger partial charge on any atom is -0.300 e. The molecule has 0 aliphatic carbocycles. The molecule has 7 heteroatoms. The quantitative estimate of drug-likeness (QED) is 0.818. The van der Waals surface area contributed by atoms with E-state index < -0.39 is 0 Å². The number of hydrogen-bond acceptors (Lipinski definition) is 5. The Morgan fingerprint density at radius 2 is 2.20 bits per heavy atom. The van der Waals surface area contributed by atoms with E-state index in [9.17, 15) is 4.79 Å². The van der Waals surface area contributed by atoms with Crippen molar-refractivity contribution in [1.82, 2.24) is 10.2 Å². The van der Waals surface area contributed by atoms with Gasteiger partial charge in [0.25, 0.3) is 0 Å². The van der Waals surface area contributed by atoms with Gasteiger partial charge in [0.05, 0.1) is 10.8 Å². The topological polar surface area (TPSA) is 54.9 Å². The molecule has 0 aliphatic heterocycles. The summed E-state index contributed by atoms with van der Waals surface area (Å²) in [5.41, 5.74) is 0. The van der Waals surface area contributed by atoms with Crippen molar-refractivity contribution < 1.29 is 4.79 Å². The van der Waals surface area contributed by atoms with E-state index in [2.05, 4.69) is 22.4 Å². The molecule has 0 saturated carbocycles. The number of aromatic nitrogens is 2. The fraction of sp³-hybridized carbons (Fsp3) is 0.308. The molecule has 0 aliphatic rings. The second-order valence-electron chi connectivity index (χ2n) is 4.02. The summed E-state index contributed by atoms with van der Waals surface area (Å²) in [6.07, 6.45) is 1.91. The number of hydrogen-bond donors (Lipinski definition) is 1. The first-order valence-corrected chi connectivity index (χ1v) is 8.36. The van der Waals surface area contributed by atoms with Gasteiger partial charge in [-0.25, -0.2) is 0 Å². The number of carbonyl (C=O) groups excluding carboxylic acids is 1. The number of carbonyl (C=O) groups is 1. The van der Waals surface area contributed by atoms with Crippen LogP contribution in [0.25, 0.3) is 0 Å². The van der Waals surface area contributed by atoms with E-state index in [0.29, 0.717) is 15.9 Å². The molecule has 1 heterocycles. The average molecular weight is 328 g/mol. The van der Waals surface area contributed by atoms with Crippen molar-refractivity contribution in [2.45, 2.75) is 24.7 Å². The van der Waals surface area contributed by atoms with Crippen LogP contribution >= 0.6 is 34.7 Å². The molecular formula is C13H14ClN3OS2. The average Bonchev–Trinajstić information content (AvgIpc) is 2.85.